The summed E-state index contributed by atoms with van der Waals surface area (Å²) in [5.74, 6) is 1.06. The van der Waals surface area contributed by atoms with Crippen molar-refractivity contribution in [1.29, 1.82) is 0 Å². The van der Waals surface area contributed by atoms with Crippen molar-refractivity contribution in [3.8, 4) is 17.2 Å². The number of benzene rings is 2. The molecule has 2 rings (SSSR count). The average Bonchev–Trinajstić information content (AvgIpc) is 2.50. The summed E-state index contributed by atoms with van der Waals surface area (Å²) in [6.45, 7) is 1.60. The van der Waals surface area contributed by atoms with Gasteiger partial charge in [-0.25, -0.2) is 0 Å². The maximum absolute atomic E-state index is 12.6. The van der Waals surface area contributed by atoms with E-state index in [0.29, 0.717) is 11.5 Å². The number of ether oxygens (including phenoxy) is 2. The topological polar surface area (TPSA) is 38.7 Å². The van der Waals surface area contributed by atoms with Crippen LogP contribution in [-0.2, 0) is 6.18 Å². The predicted molar refractivity (Wildman–Crippen MR) is 80.1 cm³/mol. The Hall–Kier alpha value is -1.92. The van der Waals surface area contributed by atoms with Crippen molar-refractivity contribution in [1.82, 2.24) is 0 Å². The summed E-state index contributed by atoms with van der Waals surface area (Å²) in [5, 5.41) is 8.78. The van der Waals surface area contributed by atoms with Gasteiger partial charge in [-0.1, -0.05) is 11.6 Å². The molecular weight excluding hydrogens is 333 g/mol. The molecule has 124 valence electrons. The third kappa shape index (κ3) is 4.77. The second-order valence-electron chi connectivity index (χ2n) is 4.83. The van der Waals surface area contributed by atoms with Crippen LogP contribution < -0.4 is 9.47 Å². The van der Waals surface area contributed by atoms with Crippen LogP contribution in [0.1, 0.15) is 12.5 Å². The molecule has 7 heteroatoms. The quantitative estimate of drug-likeness (QED) is 0.836. The summed E-state index contributed by atoms with van der Waals surface area (Å²) < 4.78 is 48.6. The molecule has 0 amide bonds. The smallest absolute Gasteiger partial charge is 0.416 e. The fourth-order valence-electron chi connectivity index (χ4n) is 1.74. The zero-order valence-electron chi connectivity index (χ0n) is 12.1. The van der Waals surface area contributed by atoms with Crippen LogP contribution in [0, 0.1) is 0 Å². The van der Waals surface area contributed by atoms with Gasteiger partial charge >= 0.3 is 6.18 Å². The minimum absolute atomic E-state index is 0.112. The van der Waals surface area contributed by atoms with Crippen LogP contribution in [-0.4, -0.2) is 17.8 Å². The summed E-state index contributed by atoms with van der Waals surface area (Å²) >= 11 is 5.83. The van der Waals surface area contributed by atoms with Gasteiger partial charge in [0.1, 0.15) is 23.4 Å². The Balaban J connectivity index is 2.10. The molecule has 0 spiro atoms. The summed E-state index contributed by atoms with van der Waals surface area (Å²) in [5.41, 5.74) is -0.836. The first-order valence-electron chi connectivity index (χ1n) is 6.72. The first kappa shape index (κ1) is 17.4. The molecule has 0 aliphatic carbocycles. The van der Waals surface area contributed by atoms with E-state index < -0.39 is 11.7 Å². The van der Waals surface area contributed by atoms with Crippen LogP contribution in [0.15, 0.2) is 42.5 Å². The van der Waals surface area contributed by atoms with E-state index in [1.165, 1.54) is 6.07 Å². The Morgan fingerprint density at radius 2 is 1.70 bits per heavy atom. The standard InChI is InChI=1S/C16H14ClF3O3/c1-10(9-21)22-12-3-5-13(6-4-12)23-15-7-2-11(8-14(15)17)16(18,19)20/h2-8,10,21H,9H2,1H3. The lowest BCUT2D eigenvalue weighted by Crippen LogP contribution is -2.15. The molecule has 0 aliphatic rings. The monoisotopic (exact) mass is 346 g/mol. The molecule has 0 aromatic heterocycles. The Bertz CT molecular complexity index is 657. The maximum Gasteiger partial charge on any atom is 0.416 e. The van der Waals surface area contributed by atoms with E-state index in [0.717, 1.165) is 12.1 Å². The van der Waals surface area contributed by atoms with Crippen LogP contribution >= 0.6 is 11.6 Å². The second kappa shape index (κ2) is 7.10. The predicted octanol–water partition coefficient (Wildman–Crippen LogP) is 4.91. The van der Waals surface area contributed by atoms with E-state index in [4.69, 9.17) is 26.2 Å². The summed E-state index contributed by atoms with van der Waals surface area (Å²) in [7, 11) is 0. The van der Waals surface area contributed by atoms with Crippen molar-refractivity contribution < 1.29 is 27.8 Å². The maximum atomic E-state index is 12.6. The van der Waals surface area contributed by atoms with Crippen LogP contribution in [0.5, 0.6) is 17.2 Å². The highest BCUT2D eigenvalue weighted by molar-refractivity contribution is 6.32. The third-order valence-corrected chi connectivity index (χ3v) is 3.20. The number of rotatable bonds is 5. The van der Waals surface area contributed by atoms with E-state index in [2.05, 4.69) is 0 Å². The average molecular weight is 347 g/mol. The molecule has 0 heterocycles. The molecule has 0 fully saturated rings. The van der Waals surface area contributed by atoms with Gasteiger partial charge in [0, 0.05) is 0 Å². The first-order valence-corrected chi connectivity index (χ1v) is 7.09. The van der Waals surface area contributed by atoms with Gasteiger partial charge in [0.25, 0.3) is 0 Å². The first-order chi connectivity index (χ1) is 10.8. The highest BCUT2D eigenvalue weighted by Crippen LogP contribution is 2.36. The van der Waals surface area contributed by atoms with Crippen LogP contribution in [0.25, 0.3) is 0 Å². The lowest BCUT2D eigenvalue weighted by Gasteiger charge is -2.13. The van der Waals surface area contributed by atoms with E-state index in [-0.39, 0.29) is 23.5 Å². The van der Waals surface area contributed by atoms with Gasteiger partial charge in [-0.2, -0.15) is 13.2 Å². The van der Waals surface area contributed by atoms with Gasteiger partial charge < -0.3 is 14.6 Å². The summed E-state index contributed by atoms with van der Waals surface area (Å²) in [4.78, 5) is 0. The van der Waals surface area contributed by atoms with E-state index in [1.807, 2.05) is 0 Å². The van der Waals surface area contributed by atoms with Gasteiger partial charge in [-0.05, 0) is 49.4 Å². The van der Waals surface area contributed by atoms with Gasteiger partial charge in [0.15, 0.2) is 0 Å². The molecule has 0 saturated carbocycles. The molecule has 23 heavy (non-hydrogen) atoms. The van der Waals surface area contributed by atoms with Crippen LogP contribution in [0.3, 0.4) is 0 Å². The van der Waals surface area contributed by atoms with Crippen molar-refractivity contribution >= 4 is 11.6 Å². The Labute approximate surface area is 136 Å². The van der Waals surface area contributed by atoms with Gasteiger partial charge in [0.05, 0.1) is 17.2 Å². The molecule has 1 unspecified atom stereocenters. The van der Waals surface area contributed by atoms with E-state index in [9.17, 15) is 13.2 Å². The van der Waals surface area contributed by atoms with Gasteiger partial charge in [0.2, 0.25) is 0 Å². The van der Waals surface area contributed by atoms with Crippen molar-refractivity contribution in [3.63, 3.8) is 0 Å². The van der Waals surface area contributed by atoms with E-state index >= 15 is 0 Å². The molecule has 0 saturated heterocycles. The Kier molecular flexibility index (Phi) is 5.38. The Morgan fingerprint density at radius 1 is 1.09 bits per heavy atom. The highest BCUT2D eigenvalue weighted by Gasteiger charge is 2.31. The summed E-state index contributed by atoms with van der Waals surface area (Å²) in [6, 6.07) is 9.32. The molecule has 1 atom stereocenters. The van der Waals surface area contributed by atoms with Crippen molar-refractivity contribution in [2.24, 2.45) is 0 Å². The van der Waals surface area contributed by atoms with Crippen molar-refractivity contribution in [2.75, 3.05) is 6.61 Å². The lowest BCUT2D eigenvalue weighted by molar-refractivity contribution is -0.137. The molecule has 2 aromatic carbocycles. The molecule has 0 bridgehead atoms. The molecule has 0 radical (unpaired) electrons. The zero-order chi connectivity index (χ0) is 17.0. The fraction of sp³-hybridized carbons (Fsp3) is 0.250. The number of aliphatic hydroxyl groups excluding tert-OH is 1. The van der Waals surface area contributed by atoms with Crippen LogP contribution in [0.2, 0.25) is 5.02 Å². The second-order valence-corrected chi connectivity index (χ2v) is 5.23. The fourth-order valence-corrected chi connectivity index (χ4v) is 1.96. The third-order valence-electron chi connectivity index (χ3n) is 2.91. The zero-order valence-corrected chi connectivity index (χ0v) is 12.9. The van der Waals surface area contributed by atoms with Gasteiger partial charge in [-0.3, -0.25) is 0 Å². The number of hydrogen-bond donors (Lipinski definition) is 1. The number of aliphatic hydroxyl groups is 1. The molecule has 3 nitrogen and oxygen atoms in total. The molecule has 2 aromatic rings. The van der Waals surface area contributed by atoms with Crippen molar-refractivity contribution in [2.45, 2.75) is 19.2 Å². The SMILES string of the molecule is CC(CO)Oc1ccc(Oc2ccc(C(F)(F)F)cc2Cl)cc1. The number of alkyl halides is 3. The minimum atomic E-state index is -4.45. The molecular formula is C16H14ClF3O3. The lowest BCUT2D eigenvalue weighted by atomic mass is 10.2. The Morgan fingerprint density at radius 3 is 2.22 bits per heavy atom. The molecule has 0 aliphatic heterocycles. The van der Waals surface area contributed by atoms with E-state index in [1.54, 1.807) is 31.2 Å². The largest absolute Gasteiger partial charge is 0.488 e. The number of hydrogen-bond acceptors (Lipinski definition) is 3. The van der Waals surface area contributed by atoms with Gasteiger partial charge in [-0.15, -0.1) is 0 Å². The molecule has 1 N–H and O–H groups in total. The van der Waals surface area contributed by atoms with Crippen LogP contribution in [0.4, 0.5) is 13.2 Å². The van der Waals surface area contributed by atoms with Crippen molar-refractivity contribution in [3.05, 3.63) is 53.1 Å². The summed E-state index contributed by atoms with van der Waals surface area (Å²) in [6.07, 6.45) is -4.80. The number of halogens is 4. The normalized spacial score (nSPS) is 12.8. The highest BCUT2D eigenvalue weighted by atomic mass is 35.5. The minimum Gasteiger partial charge on any atom is -0.488 e.